The van der Waals surface area contributed by atoms with Crippen LogP contribution in [0.25, 0.3) is 0 Å². The van der Waals surface area contributed by atoms with Crippen LogP contribution in [-0.2, 0) is 11.3 Å². The minimum absolute atomic E-state index is 0.0248. The summed E-state index contributed by atoms with van der Waals surface area (Å²) in [5.41, 5.74) is 4.60. The molecule has 0 spiro atoms. The van der Waals surface area contributed by atoms with Gasteiger partial charge in [-0.15, -0.1) is 0 Å². The lowest BCUT2D eigenvalue weighted by Gasteiger charge is -2.16. The fraction of sp³-hybridized carbons (Fsp3) is 0.278. The highest BCUT2D eigenvalue weighted by Gasteiger charge is 2.27. The molecule has 0 radical (unpaired) electrons. The van der Waals surface area contributed by atoms with E-state index < -0.39 is 0 Å². The summed E-state index contributed by atoms with van der Waals surface area (Å²) in [5.74, 6) is 0.117. The van der Waals surface area contributed by atoms with E-state index >= 15 is 0 Å². The van der Waals surface area contributed by atoms with E-state index in [1.807, 2.05) is 18.2 Å². The van der Waals surface area contributed by atoms with Gasteiger partial charge in [-0.2, -0.15) is 0 Å². The van der Waals surface area contributed by atoms with Gasteiger partial charge in [0.05, 0.1) is 5.92 Å². The number of carbonyl (C=O) groups excluding carboxylic acids is 1. The average Bonchev–Trinajstić information content (AvgIpc) is 2.93. The van der Waals surface area contributed by atoms with Gasteiger partial charge in [0.25, 0.3) is 0 Å². The van der Waals surface area contributed by atoms with Crippen LogP contribution in [0.15, 0.2) is 48.5 Å². The molecule has 2 N–H and O–H groups in total. The fourth-order valence-electron chi connectivity index (χ4n) is 2.82. The van der Waals surface area contributed by atoms with Crippen LogP contribution < -0.4 is 10.6 Å². The van der Waals surface area contributed by atoms with Crippen molar-refractivity contribution >= 4 is 11.6 Å². The molecule has 1 fully saturated rings. The topological polar surface area (TPSA) is 41.1 Å². The summed E-state index contributed by atoms with van der Waals surface area (Å²) < 4.78 is 0. The Balaban J connectivity index is 1.83. The van der Waals surface area contributed by atoms with Crippen molar-refractivity contribution in [1.82, 2.24) is 5.32 Å². The number of carbonyl (C=O) groups is 1. The Bertz CT molecular complexity index is 637. The van der Waals surface area contributed by atoms with E-state index in [9.17, 15) is 4.79 Å². The zero-order valence-electron chi connectivity index (χ0n) is 12.2. The number of aryl methyl sites for hydroxylation is 1. The molecule has 108 valence electrons. The van der Waals surface area contributed by atoms with Crippen LogP contribution in [0.3, 0.4) is 0 Å². The SMILES string of the molecule is Cc1ccc(NCc2ccccc2)c(C2CCNC2=O)c1. The van der Waals surface area contributed by atoms with Crippen LogP contribution >= 0.6 is 0 Å². The maximum absolute atomic E-state index is 12.0. The molecular formula is C18H20N2O. The molecule has 3 nitrogen and oxygen atoms in total. The summed E-state index contributed by atoms with van der Waals surface area (Å²) >= 11 is 0. The number of amides is 1. The van der Waals surface area contributed by atoms with Crippen LogP contribution in [0.1, 0.15) is 29.0 Å². The molecule has 1 atom stereocenters. The summed E-state index contributed by atoms with van der Waals surface area (Å²) in [6.07, 6.45) is 0.877. The van der Waals surface area contributed by atoms with E-state index in [0.29, 0.717) is 0 Å². The number of rotatable bonds is 4. The van der Waals surface area contributed by atoms with Crippen molar-refractivity contribution in [3.05, 3.63) is 65.2 Å². The normalized spacial score (nSPS) is 17.6. The molecule has 1 amide bonds. The van der Waals surface area contributed by atoms with Gasteiger partial charge in [0, 0.05) is 18.8 Å². The third kappa shape index (κ3) is 3.07. The molecular weight excluding hydrogens is 260 g/mol. The van der Waals surface area contributed by atoms with Gasteiger partial charge >= 0.3 is 0 Å². The second-order valence-corrected chi connectivity index (χ2v) is 5.56. The highest BCUT2D eigenvalue weighted by molar-refractivity contribution is 5.87. The second kappa shape index (κ2) is 6.00. The third-order valence-electron chi connectivity index (χ3n) is 3.96. The smallest absolute Gasteiger partial charge is 0.227 e. The molecule has 1 aliphatic rings. The van der Waals surface area contributed by atoms with Crippen LogP contribution in [0.4, 0.5) is 5.69 Å². The van der Waals surface area contributed by atoms with Gasteiger partial charge in [0.15, 0.2) is 0 Å². The lowest BCUT2D eigenvalue weighted by Crippen LogP contribution is -2.18. The monoisotopic (exact) mass is 280 g/mol. The minimum Gasteiger partial charge on any atom is -0.381 e. The Labute approximate surface area is 125 Å². The van der Waals surface area contributed by atoms with E-state index in [1.54, 1.807) is 0 Å². The number of hydrogen-bond acceptors (Lipinski definition) is 2. The number of benzene rings is 2. The summed E-state index contributed by atoms with van der Waals surface area (Å²) in [7, 11) is 0. The first-order chi connectivity index (χ1) is 10.2. The molecule has 1 aliphatic heterocycles. The highest BCUT2D eigenvalue weighted by Crippen LogP contribution is 2.31. The molecule has 21 heavy (non-hydrogen) atoms. The Morgan fingerprint density at radius 2 is 2.00 bits per heavy atom. The maximum atomic E-state index is 12.0. The maximum Gasteiger partial charge on any atom is 0.227 e. The van der Waals surface area contributed by atoms with Crippen molar-refractivity contribution in [2.45, 2.75) is 25.8 Å². The summed E-state index contributed by atoms with van der Waals surface area (Å²) in [6.45, 7) is 3.61. The van der Waals surface area contributed by atoms with E-state index in [0.717, 1.165) is 30.8 Å². The fourth-order valence-corrected chi connectivity index (χ4v) is 2.82. The first kappa shape index (κ1) is 13.7. The first-order valence-electron chi connectivity index (χ1n) is 7.40. The van der Waals surface area contributed by atoms with Gasteiger partial charge in [-0.05, 0) is 30.5 Å². The lowest BCUT2D eigenvalue weighted by molar-refractivity contribution is -0.120. The molecule has 3 heteroatoms. The van der Waals surface area contributed by atoms with Crippen molar-refractivity contribution in [3.63, 3.8) is 0 Å². The second-order valence-electron chi connectivity index (χ2n) is 5.56. The summed E-state index contributed by atoms with van der Waals surface area (Å²) in [6, 6.07) is 16.6. The average molecular weight is 280 g/mol. The molecule has 2 aromatic carbocycles. The van der Waals surface area contributed by atoms with Crippen molar-refractivity contribution in [2.75, 3.05) is 11.9 Å². The van der Waals surface area contributed by atoms with E-state index in [2.05, 4.69) is 47.9 Å². The Kier molecular flexibility index (Phi) is 3.91. The van der Waals surface area contributed by atoms with Crippen LogP contribution in [0.5, 0.6) is 0 Å². The van der Waals surface area contributed by atoms with Gasteiger partial charge in [-0.1, -0.05) is 48.0 Å². The van der Waals surface area contributed by atoms with Crippen molar-refractivity contribution < 1.29 is 4.79 Å². The lowest BCUT2D eigenvalue weighted by atomic mass is 9.94. The highest BCUT2D eigenvalue weighted by atomic mass is 16.2. The molecule has 3 rings (SSSR count). The molecule has 2 aromatic rings. The van der Waals surface area contributed by atoms with Crippen molar-refractivity contribution in [2.24, 2.45) is 0 Å². The summed E-state index contributed by atoms with van der Waals surface area (Å²) in [4.78, 5) is 12.0. The standard InChI is InChI=1S/C18H20N2O/c1-13-7-8-17(20-12-14-5-3-2-4-6-14)16(11-13)15-9-10-19-18(15)21/h2-8,11,15,20H,9-10,12H2,1H3,(H,19,21). The van der Waals surface area contributed by atoms with Crippen molar-refractivity contribution in [1.29, 1.82) is 0 Å². The van der Waals surface area contributed by atoms with Gasteiger partial charge in [0.2, 0.25) is 5.91 Å². The quantitative estimate of drug-likeness (QED) is 0.903. The Morgan fingerprint density at radius 1 is 1.19 bits per heavy atom. The molecule has 1 heterocycles. The predicted molar refractivity (Wildman–Crippen MR) is 85.3 cm³/mol. The van der Waals surface area contributed by atoms with Crippen LogP contribution in [0, 0.1) is 6.92 Å². The minimum atomic E-state index is -0.0248. The van der Waals surface area contributed by atoms with E-state index in [-0.39, 0.29) is 11.8 Å². The Morgan fingerprint density at radius 3 is 2.71 bits per heavy atom. The van der Waals surface area contributed by atoms with Gasteiger partial charge in [0.1, 0.15) is 0 Å². The van der Waals surface area contributed by atoms with Crippen molar-refractivity contribution in [3.8, 4) is 0 Å². The number of nitrogens with one attached hydrogen (secondary N) is 2. The number of hydrogen-bond donors (Lipinski definition) is 2. The molecule has 0 bridgehead atoms. The largest absolute Gasteiger partial charge is 0.381 e. The first-order valence-corrected chi connectivity index (χ1v) is 7.40. The van der Waals surface area contributed by atoms with E-state index in [1.165, 1.54) is 11.1 Å². The zero-order chi connectivity index (χ0) is 14.7. The van der Waals surface area contributed by atoms with Gasteiger partial charge in [-0.3, -0.25) is 4.79 Å². The Hall–Kier alpha value is -2.29. The number of anilines is 1. The molecule has 1 saturated heterocycles. The third-order valence-corrected chi connectivity index (χ3v) is 3.96. The van der Waals surface area contributed by atoms with E-state index in [4.69, 9.17) is 0 Å². The molecule has 0 aliphatic carbocycles. The molecule has 1 unspecified atom stereocenters. The molecule has 0 aromatic heterocycles. The zero-order valence-corrected chi connectivity index (χ0v) is 12.2. The van der Waals surface area contributed by atoms with Gasteiger partial charge < -0.3 is 10.6 Å². The van der Waals surface area contributed by atoms with Crippen LogP contribution in [-0.4, -0.2) is 12.5 Å². The van der Waals surface area contributed by atoms with Gasteiger partial charge in [-0.25, -0.2) is 0 Å². The van der Waals surface area contributed by atoms with Crippen LogP contribution in [0.2, 0.25) is 0 Å². The predicted octanol–water partition coefficient (Wildman–Crippen LogP) is 3.21. The molecule has 0 saturated carbocycles. The summed E-state index contributed by atoms with van der Waals surface area (Å²) in [5, 5.41) is 6.40.